The van der Waals surface area contributed by atoms with Crippen LogP contribution in [0.4, 0.5) is 11.4 Å². The summed E-state index contributed by atoms with van der Waals surface area (Å²) in [6.07, 6.45) is 1.47. The largest absolute Gasteiger partial charge is 0.366 e. The first kappa shape index (κ1) is 31.4. The molecule has 0 saturated carbocycles. The van der Waals surface area contributed by atoms with E-state index < -0.39 is 23.0 Å². The van der Waals surface area contributed by atoms with E-state index in [2.05, 4.69) is 16.0 Å². The first-order chi connectivity index (χ1) is 20.6. The number of carbonyl (C=O) groups is 4. The number of benzene rings is 4. The predicted molar refractivity (Wildman–Crippen MR) is 172 cm³/mol. The number of anilines is 2. The van der Waals surface area contributed by atoms with Crippen molar-refractivity contribution in [2.75, 3.05) is 10.6 Å². The zero-order valence-electron chi connectivity index (χ0n) is 22.8. The number of nitrogens with two attached hydrogens (primary N) is 1. The highest BCUT2D eigenvalue weighted by atomic mass is 35.5. The third-order valence-corrected chi connectivity index (χ3v) is 7.71. The third-order valence-electron chi connectivity index (χ3n) is 6.04. The highest BCUT2D eigenvalue weighted by molar-refractivity contribution is 8.00. The van der Waals surface area contributed by atoms with Gasteiger partial charge in [0, 0.05) is 26.2 Å². The summed E-state index contributed by atoms with van der Waals surface area (Å²) in [5, 5.41) is 8.42. The van der Waals surface area contributed by atoms with Gasteiger partial charge in [-0.25, -0.2) is 0 Å². The summed E-state index contributed by atoms with van der Waals surface area (Å²) in [6, 6.07) is 26.7. The minimum absolute atomic E-state index is 0.0296. The maximum atomic E-state index is 13.3. The molecular formula is C32H26Cl2N4O4S. The molecule has 0 bridgehead atoms. The molecule has 1 unspecified atom stereocenters. The highest BCUT2D eigenvalue weighted by Crippen LogP contribution is 2.27. The molecule has 218 valence electrons. The maximum Gasteiger partial charge on any atom is 0.272 e. The highest BCUT2D eigenvalue weighted by Gasteiger charge is 2.19. The molecule has 0 aromatic heterocycles. The molecule has 0 spiro atoms. The van der Waals surface area contributed by atoms with Crippen molar-refractivity contribution in [1.82, 2.24) is 5.32 Å². The molecule has 4 amide bonds. The van der Waals surface area contributed by atoms with Crippen LogP contribution in [-0.4, -0.2) is 28.9 Å². The number of carbonyl (C=O) groups excluding carboxylic acids is 4. The summed E-state index contributed by atoms with van der Waals surface area (Å²) in [7, 11) is 0. The quantitative estimate of drug-likeness (QED) is 0.115. The van der Waals surface area contributed by atoms with Crippen LogP contribution in [0.1, 0.15) is 33.2 Å². The van der Waals surface area contributed by atoms with Gasteiger partial charge in [0.05, 0.1) is 16.5 Å². The second-order valence-corrected chi connectivity index (χ2v) is 11.4. The monoisotopic (exact) mass is 632 g/mol. The minimum Gasteiger partial charge on any atom is -0.366 e. The molecule has 0 saturated heterocycles. The van der Waals surface area contributed by atoms with Crippen molar-refractivity contribution in [3.8, 4) is 0 Å². The van der Waals surface area contributed by atoms with Crippen LogP contribution in [0.5, 0.6) is 0 Å². The van der Waals surface area contributed by atoms with Gasteiger partial charge >= 0.3 is 0 Å². The molecule has 0 aliphatic carbocycles. The number of para-hydroxylation sites is 1. The second kappa shape index (κ2) is 14.6. The van der Waals surface area contributed by atoms with E-state index in [-0.39, 0.29) is 17.2 Å². The van der Waals surface area contributed by atoms with Gasteiger partial charge in [-0.3, -0.25) is 19.2 Å². The molecule has 0 heterocycles. The van der Waals surface area contributed by atoms with Crippen LogP contribution in [-0.2, 0) is 9.59 Å². The molecule has 0 aliphatic rings. The topological polar surface area (TPSA) is 130 Å². The van der Waals surface area contributed by atoms with E-state index >= 15 is 0 Å². The number of primary amides is 1. The molecular weight excluding hydrogens is 607 g/mol. The van der Waals surface area contributed by atoms with E-state index in [9.17, 15) is 19.2 Å². The van der Waals surface area contributed by atoms with Gasteiger partial charge in [0.15, 0.2) is 0 Å². The number of rotatable bonds is 10. The molecule has 1 atom stereocenters. The standard InChI is InChI=1S/C32H26Cl2N4O4S/c1-19(30(40)37-27-10-6-5-9-25(27)29(35)39)43-24-15-13-23(14-16-24)36-32(42)28(17-21-11-12-22(33)18-26(21)34)38-31(41)20-7-3-2-4-8-20/h2-19H,1H3,(H2,35,39)(H,36,42)(H,37,40)(H,38,41)/b28-17-. The Bertz CT molecular complexity index is 1700. The van der Waals surface area contributed by atoms with Gasteiger partial charge < -0.3 is 21.7 Å². The summed E-state index contributed by atoms with van der Waals surface area (Å²) in [4.78, 5) is 51.4. The summed E-state index contributed by atoms with van der Waals surface area (Å²) in [5.41, 5.74) is 7.26. The first-order valence-electron chi connectivity index (χ1n) is 12.9. The van der Waals surface area contributed by atoms with Gasteiger partial charge in [-0.1, -0.05) is 59.6 Å². The molecule has 5 N–H and O–H groups in total. The molecule has 4 aromatic carbocycles. The van der Waals surface area contributed by atoms with Crippen LogP contribution in [0.3, 0.4) is 0 Å². The normalized spacial score (nSPS) is 11.7. The van der Waals surface area contributed by atoms with E-state index in [1.165, 1.54) is 23.9 Å². The van der Waals surface area contributed by atoms with Crippen LogP contribution in [0.25, 0.3) is 6.08 Å². The fourth-order valence-electron chi connectivity index (χ4n) is 3.83. The molecule has 11 heteroatoms. The second-order valence-electron chi connectivity index (χ2n) is 9.18. The first-order valence-corrected chi connectivity index (χ1v) is 14.5. The summed E-state index contributed by atoms with van der Waals surface area (Å²) >= 11 is 13.6. The Morgan fingerprint density at radius 1 is 0.837 bits per heavy atom. The van der Waals surface area contributed by atoms with Crippen molar-refractivity contribution in [1.29, 1.82) is 0 Å². The summed E-state index contributed by atoms with van der Waals surface area (Å²) < 4.78 is 0. The lowest BCUT2D eigenvalue weighted by Gasteiger charge is -2.14. The molecule has 0 fully saturated rings. The molecule has 0 aliphatic heterocycles. The van der Waals surface area contributed by atoms with Crippen molar-refractivity contribution in [3.63, 3.8) is 0 Å². The van der Waals surface area contributed by atoms with Crippen molar-refractivity contribution in [2.24, 2.45) is 5.73 Å². The van der Waals surface area contributed by atoms with Crippen molar-refractivity contribution < 1.29 is 19.2 Å². The van der Waals surface area contributed by atoms with Crippen molar-refractivity contribution >= 4 is 76.0 Å². The predicted octanol–water partition coefficient (Wildman–Crippen LogP) is 6.62. The lowest BCUT2D eigenvalue weighted by atomic mass is 10.1. The Labute approximate surface area is 262 Å². The Hall–Kier alpha value is -4.57. The summed E-state index contributed by atoms with van der Waals surface area (Å²) in [6.45, 7) is 1.73. The van der Waals surface area contributed by atoms with E-state index in [4.69, 9.17) is 28.9 Å². The van der Waals surface area contributed by atoms with Crippen molar-refractivity contribution in [2.45, 2.75) is 17.1 Å². The third kappa shape index (κ3) is 8.71. The fraction of sp³-hybridized carbons (Fsp3) is 0.0625. The molecule has 0 radical (unpaired) electrons. The Morgan fingerprint density at radius 2 is 1.51 bits per heavy atom. The number of amides is 4. The molecule has 4 aromatic rings. The van der Waals surface area contributed by atoms with Crippen molar-refractivity contribution in [3.05, 3.63) is 129 Å². The van der Waals surface area contributed by atoms with E-state index in [0.717, 1.165) is 4.90 Å². The van der Waals surface area contributed by atoms with Crippen LogP contribution >= 0.6 is 35.0 Å². The van der Waals surface area contributed by atoms with Gasteiger partial charge in [0.1, 0.15) is 5.70 Å². The van der Waals surface area contributed by atoms with Crippen LogP contribution in [0, 0.1) is 0 Å². The van der Waals surface area contributed by atoms with Gasteiger partial charge in [0.2, 0.25) is 5.91 Å². The SMILES string of the molecule is CC(Sc1ccc(NC(=O)/C(=C/c2ccc(Cl)cc2Cl)NC(=O)c2ccccc2)cc1)C(=O)Nc1ccccc1C(N)=O. The number of halogens is 2. The van der Waals surface area contributed by atoms with Gasteiger partial charge in [0.25, 0.3) is 17.7 Å². The average molecular weight is 634 g/mol. The fourth-order valence-corrected chi connectivity index (χ4v) is 5.16. The van der Waals surface area contributed by atoms with E-state index in [0.29, 0.717) is 32.5 Å². The maximum absolute atomic E-state index is 13.3. The zero-order chi connectivity index (χ0) is 30.9. The van der Waals surface area contributed by atoms with E-state index in [1.807, 2.05) is 0 Å². The molecule has 8 nitrogen and oxygen atoms in total. The number of hydrogen-bond acceptors (Lipinski definition) is 5. The van der Waals surface area contributed by atoms with Crippen LogP contribution in [0.2, 0.25) is 10.0 Å². The molecule has 4 rings (SSSR count). The van der Waals surface area contributed by atoms with Crippen LogP contribution < -0.4 is 21.7 Å². The van der Waals surface area contributed by atoms with E-state index in [1.54, 1.807) is 97.9 Å². The van der Waals surface area contributed by atoms with Gasteiger partial charge in [-0.2, -0.15) is 0 Å². The molecule has 43 heavy (non-hydrogen) atoms. The zero-order valence-corrected chi connectivity index (χ0v) is 25.1. The summed E-state index contributed by atoms with van der Waals surface area (Å²) in [5.74, 6) is -1.98. The van der Waals surface area contributed by atoms with Crippen LogP contribution in [0.15, 0.2) is 108 Å². The van der Waals surface area contributed by atoms with Gasteiger partial charge in [-0.15, -0.1) is 11.8 Å². The Kier molecular flexibility index (Phi) is 10.6. The van der Waals surface area contributed by atoms with Gasteiger partial charge in [-0.05, 0) is 79.2 Å². The number of hydrogen-bond donors (Lipinski definition) is 4. The average Bonchev–Trinajstić information content (AvgIpc) is 2.99. The number of nitrogens with one attached hydrogen (secondary N) is 3. The minimum atomic E-state index is -0.636. The Balaban J connectivity index is 1.45. The lowest BCUT2D eigenvalue weighted by Crippen LogP contribution is -2.30. The Morgan fingerprint density at radius 3 is 2.19 bits per heavy atom. The number of thioether (sulfide) groups is 1. The lowest BCUT2D eigenvalue weighted by molar-refractivity contribution is -0.115. The smallest absolute Gasteiger partial charge is 0.272 e.